The van der Waals surface area contributed by atoms with E-state index in [0.717, 1.165) is 17.8 Å². The molecule has 0 saturated heterocycles. The Labute approximate surface area is 143 Å². The third kappa shape index (κ3) is 4.58. The minimum atomic E-state index is -0.182. The first kappa shape index (κ1) is 18.0. The number of benzene rings is 1. The standard InChI is InChI=1S/C18H26N4O2/c1-6-22-16(12-14(3)20-22)18(23)19-15-8-7-13(2)11-17(15)24-10-9-21(4)5/h7-8,11-12H,6,9-10H2,1-5H3,(H,19,23). The number of rotatable bonds is 7. The Hall–Kier alpha value is -2.34. The van der Waals surface area contributed by atoms with Gasteiger partial charge in [-0.25, -0.2) is 0 Å². The number of likely N-dealkylation sites (N-methyl/N-ethyl adjacent to an activating group) is 1. The minimum Gasteiger partial charge on any atom is -0.490 e. The molecule has 0 spiro atoms. The highest BCUT2D eigenvalue weighted by molar-refractivity contribution is 6.04. The van der Waals surface area contributed by atoms with Gasteiger partial charge in [0, 0.05) is 13.1 Å². The van der Waals surface area contributed by atoms with Gasteiger partial charge in [-0.1, -0.05) is 6.07 Å². The molecule has 1 heterocycles. The molecule has 1 aromatic heterocycles. The maximum absolute atomic E-state index is 12.6. The van der Waals surface area contributed by atoms with Crippen molar-refractivity contribution in [2.75, 3.05) is 32.6 Å². The summed E-state index contributed by atoms with van der Waals surface area (Å²) in [7, 11) is 3.99. The van der Waals surface area contributed by atoms with Crippen molar-refractivity contribution >= 4 is 11.6 Å². The predicted octanol–water partition coefficient (Wildman–Crippen LogP) is 2.71. The van der Waals surface area contributed by atoms with E-state index in [9.17, 15) is 4.79 Å². The van der Waals surface area contributed by atoms with Gasteiger partial charge in [-0.05, 0) is 58.6 Å². The lowest BCUT2D eigenvalue weighted by Crippen LogP contribution is -2.21. The molecule has 2 rings (SSSR count). The Morgan fingerprint density at radius 3 is 2.71 bits per heavy atom. The number of nitrogens with zero attached hydrogens (tertiary/aromatic N) is 3. The highest BCUT2D eigenvalue weighted by atomic mass is 16.5. The smallest absolute Gasteiger partial charge is 0.274 e. The number of ether oxygens (including phenoxy) is 1. The third-order valence-electron chi connectivity index (χ3n) is 3.62. The topological polar surface area (TPSA) is 59.4 Å². The molecule has 6 heteroatoms. The van der Waals surface area contributed by atoms with E-state index in [4.69, 9.17) is 4.74 Å². The molecule has 0 saturated carbocycles. The van der Waals surface area contributed by atoms with Crippen molar-refractivity contribution in [1.82, 2.24) is 14.7 Å². The van der Waals surface area contributed by atoms with Gasteiger partial charge < -0.3 is 15.0 Å². The average molecular weight is 330 g/mol. The van der Waals surface area contributed by atoms with Gasteiger partial charge >= 0.3 is 0 Å². The van der Waals surface area contributed by atoms with Crippen LogP contribution < -0.4 is 10.1 Å². The van der Waals surface area contributed by atoms with Gasteiger partial charge in [-0.15, -0.1) is 0 Å². The molecule has 1 amide bonds. The maximum Gasteiger partial charge on any atom is 0.274 e. The van der Waals surface area contributed by atoms with E-state index in [1.54, 1.807) is 10.7 Å². The number of aromatic nitrogens is 2. The molecule has 0 atom stereocenters. The summed E-state index contributed by atoms with van der Waals surface area (Å²) < 4.78 is 7.55. The van der Waals surface area contributed by atoms with E-state index in [-0.39, 0.29) is 5.91 Å². The quantitative estimate of drug-likeness (QED) is 0.848. The molecule has 6 nitrogen and oxygen atoms in total. The summed E-state index contributed by atoms with van der Waals surface area (Å²) in [5.41, 5.74) is 3.14. The number of hydrogen-bond donors (Lipinski definition) is 1. The van der Waals surface area contributed by atoms with E-state index in [1.807, 2.05) is 53.1 Å². The largest absolute Gasteiger partial charge is 0.490 e. The van der Waals surface area contributed by atoms with Crippen molar-refractivity contribution in [2.45, 2.75) is 27.3 Å². The first-order valence-corrected chi connectivity index (χ1v) is 8.14. The highest BCUT2D eigenvalue weighted by Crippen LogP contribution is 2.26. The summed E-state index contributed by atoms with van der Waals surface area (Å²) in [4.78, 5) is 14.6. The zero-order valence-electron chi connectivity index (χ0n) is 15.1. The van der Waals surface area contributed by atoms with Crippen LogP contribution in [0.3, 0.4) is 0 Å². The van der Waals surface area contributed by atoms with Crippen LogP contribution in [0.5, 0.6) is 5.75 Å². The lowest BCUT2D eigenvalue weighted by molar-refractivity contribution is 0.101. The van der Waals surface area contributed by atoms with Crippen LogP contribution in [-0.2, 0) is 6.54 Å². The Morgan fingerprint density at radius 2 is 2.04 bits per heavy atom. The minimum absolute atomic E-state index is 0.182. The molecule has 24 heavy (non-hydrogen) atoms. The Kier molecular flexibility index (Phi) is 5.98. The van der Waals surface area contributed by atoms with Gasteiger partial charge in [0.1, 0.15) is 18.1 Å². The molecule has 0 unspecified atom stereocenters. The predicted molar refractivity (Wildman–Crippen MR) is 95.8 cm³/mol. The zero-order chi connectivity index (χ0) is 17.7. The van der Waals surface area contributed by atoms with Crippen molar-refractivity contribution < 1.29 is 9.53 Å². The number of amides is 1. The van der Waals surface area contributed by atoms with E-state index in [2.05, 4.69) is 15.3 Å². The molecule has 0 fully saturated rings. The van der Waals surface area contributed by atoms with Crippen molar-refractivity contribution in [3.05, 3.63) is 41.2 Å². The summed E-state index contributed by atoms with van der Waals surface area (Å²) in [6.07, 6.45) is 0. The normalized spacial score (nSPS) is 10.9. The molecule has 0 aliphatic carbocycles. The van der Waals surface area contributed by atoms with Crippen LogP contribution in [0.15, 0.2) is 24.3 Å². The first-order chi connectivity index (χ1) is 11.4. The van der Waals surface area contributed by atoms with Crippen LogP contribution in [0.25, 0.3) is 0 Å². The molecule has 0 radical (unpaired) electrons. The Bertz CT molecular complexity index is 707. The fourth-order valence-electron chi connectivity index (χ4n) is 2.35. The van der Waals surface area contributed by atoms with E-state index >= 15 is 0 Å². The molecule has 2 aromatic rings. The van der Waals surface area contributed by atoms with Crippen LogP contribution in [0.4, 0.5) is 5.69 Å². The number of nitrogens with one attached hydrogen (secondary N) is 1. The summed E-state index contributed by atoms with van der Waals surface area (Å²) in [6, 6.07) is 7.56. The van der Waals surface area contributed by atoms with Crippen LogP contribution in [-0.4, -0.2) is 47.8 Å². The molecule has 0 bridgehead atoms. The summed E-state index contributed by atoms with van der Waals surface area (Å²) in [5, 5.41) is 7.26. The SMILES string of the molecule is CCn1nc(C)cc1C(=O)Nc1ccc(C)cc1OCCN(C)C. The molecule has 1 aromatic carbocycles. The summed E-state index contributed by atoms with van der Waals surface area (Å²) in [6.45, 7) is 7.86. The summed E-state index contributed by atoms with van der Waals surface area (Å²) in [5.74, 6) is 0.503. The van der Waals surface area contributed by atoms with Gasteiger partial charge in [-0.3, -0.25) is 9.48 Å². The molecule has 0 aliphatic rings. The number of carbonyl (C=O) groups is 1. The first-order valence-electron chi connectivity index (χ1n) is 8.14. The fraction of sp³-hybridized carbons (Fsp3) is 0.444. The molecule has 1 N–H and O–H groups in total. The number of hydrogen-bond acceptors (Lipinski definition) is 4. The second-order valence-electron chi connectivity index (χ2n) is 6.09. The van der Waals surface area contributed by atoms with Gasteiger partial charge in [0.15, 0.2) is 0 Å². The maximum atomic E-state index is 12.6. The van der Waals surface area contributed by atoms with Crippen molar-refractivity contribution in [1.29, 1.82) is 0 Å². The van der Waals surface area contributed by atoms with Gasteiger partial charge in [0.05, 0.1) is 11.4 Å². The highest BCUT2D eigenvalue weighted by Gasteiger charge is 2.15. The second-order valence-corrected chi connectivity index (χ2v) is 6.09. The number of carbonyl (C=O) groups excluding carboxylic acids is 1. The molecular formula is C18H26N4O2. The molecule has 0 aliphatic heterocycles. The number of anilines is 1. The van der Waals surface area contributed by atoms with Crippen molar-refractivity contribution in [3.8, 4) is 5.75 Å². The monoisotopic (exact) mass is 330 g/mol. The third-order valence-corrected chi connectivity index (χ3v) is 3.62. The van der Waals surface area contributed by atoms with Gasteiger partial charge in [-0.2, -0.15) is 5.10 Å². The van der Waals surface area contributed by atoms with E-state index in [0.29, 0.717) is 30.3 Å². The van der Waals surface area contributed by atoms with Crippen LogP contribution >= 0.6 is 0 Å². The average Bonchev–Trinajstić information content (AvgIpc) is 2.90. The van der Waals surface area contributed by atoms with Gasteiger partial charge in [0.2, 0.25) is 0 Å². The van der Waals surface area contributed by atoms with Crippen LogP contribution in [0.1, 0.15) is 28.7 Å². The van der Waals surface area contributed by atoms with E-state index in [1.165, 1.54) is 0 Å². The van der Waals surface area contributed by atoms with Crippen molar-refractivity contribution in [2.24, 2.45) is 0 Å². The lowest BCUT2D eigenvalue weighted by atomic mass is 10.2. The Morgan fingerprint density at radius 1 is 1.29 bits per heavy atom. The van der Waals surface area contributed by atoms with Crippen LogP contribution in [0.2, 0.25) is 0 Å². The van der Waals surface area contributed by atoms with Gasteiger partial charge in [0.25, 0.3) is 5.91 Å². The zero-order valence-corrected chi connectivity index (χ0v) is 15.1. The fourth-order valence-corrected chi connectivity index (χ4v) is 2.35. The summed E-state index contributed by atoms with van der Waals surface area (Å²) >= 11 is 0. The molecular weight excluding hydrogens is 304 g/mol. The lowest BCUT2D eigenvalue weighted by Gasteiger charge is -2.15. The van der Waals surface area contributed by atoms with Crippen molar-refractivity contribution in [3.63, 3.8) is 0 Å². The van der Waals surface area contributed by atoms with E-state index < -0.39 is 0 Å². The molecule has 130 valence electrons. The number of aryl methyl sites for hydroxylation is 3. The van der Waals surface area contributed by atoms with Crippen LogP contribution in [0, 0.1) is 13.8 Å². The second kappa shape index (κ2) is 7.97. The Balaban J connectivity index is 2.17.